The monoisotopic (exact) mass is 640 g/mol. The number of aromatic nitrogens is 2. The number of hydrogen-bond donors (Lipinski definition) is 0. The molecule has 0 aliphatic heterocycles. The summed E-state index contributed by atoms with van der Waals surface area (Å²) in [6.07, 6.45) is 0. The van der Waals surface area contributed by atoms with Crippen molar-refractivity contribution in [2.75, 3.05) is 0 Å². The summed E-state index contributed by atoms with van der Waals surface area (Å²) in [6.45, 7) is 0. The van der Waals surface area contributed by atoms with Crippen molar-refractivity contribution in [2.45, 2.75) is 0 Å². The summed E-state index contributed by atoms with van der Waals surface area (Å²) >= 11 is 0. The lowest BCUT2D eigenvalue weighted by Gasteiger charge is -2.13. The topological polar surface area (TPSA) is 52.1 Å². The Morgan fingerprint density at radius 1 is 0.340 bits per heavy atom. The van der Waals surface area contributed by atoms with Gasteiger partial charge in [0.15, 0.2) is 5.82 Å². The number of nitrogens with zero attached hydrogens (tertiary/aromatic N) is 2. The van der Waals surface area contributed by atoms with Crippen LogP contribution in [0.15, 0.2) is 179 Å². The van der Waals surface area contributed by atoms with Gasteiger partial charge >= 0.3 is 0 Å². The van der Waals surface area contributed by atoms with Crippen molar-refractivity contribution in [1.29, 1.82) is 0 Å². The zero-order valence-electron chi connectivity index (χ0n) is 26.9. The lowest BCUT2D eigenvalue weighted by Crippen LogP contribution is -1.97. The fourth-order valence-corrected chi connectivity index (χ4v) is 6.97. The molecule has 0 fully saturated rings. The zero-order chi connectivity index (χ0) is 33.0. The molecule has 234 valence electrons. The highest BCUT2D eigenvalue weighted by atomic mass is 16.3. The molecule has 0 atom stereocenters. The Morgan fingerprint density at radius 3 is 1.80 bits per heavy atom. The fourth-order valence-electron chi connectivity index (χ4n) is 6.97. The van der Waals surface area contributed by atoms with Crippen LogP contribution in [-0.2, 0) is 0 Å². The maximum absolute atomic E-state index is 6.32. The number of fused-ring (bicyclic) bond motifs is 5. The average Bonchev–Trinajstić information content (AvgIpc) is 3.78. The molecular weight excluding hydrogens is 613 g/mol. The molecule has 0 aliphatic carbocycles. The van der Waals surface area contributed by atoms with Gasteiger partial charge in [-0.25, -0.2) is 9.97 Å². The van der Waals surface area contributed by atoms with Crippen LogP contribution in [0.25, 0.3) is 100 Å². The fraction of sp³-hybridized carbons (Fsp3) is 0. The quantitative estimate of drug-likeness (QED) is 0.188. The Morgan fingerprint density at radius 2 is 0.980 bits per heavy atom. The van der Waals surface area contributed by atoms with Crippen LogP contribution >= 0.6 is 0 Å². The molecule has 0 amide bonds. The average molecular weight is 641 g/mol. The lowest BCUT2D eigenvalue weighted by molar-refractivity contribution is 0.631. The Kier molecular flexibility index (Phi) is 6.46. The van der Waals surface area contributed by atoms with Gasteiger partial charge in [0.05, 0.1) is 11.4 Å². The van der Waals surface area contributed by atoms with Crippen LogP contribution in [0.2, 0.25) is 0 Å². The second-order valence-electron chi connectivity index (χ2n) is 12.6. The Balaban J connectivity index is 1.14. The second kappa shape index (κ2) is 11.4. The van der Waals surface area contributed by atoms with Crippen LogP contribution in [0.4, 0.5) is 0 Å². The number of para-hydroxylation sites is 1. The van der Waals surface area contributed by atoms with Gasteiger partial charge in [-0.05, 0) is 70.4 Å². The molecule has 3 aromatic heterocycles. The highest BCUT2D eigenvalue weighted by molar-refractivity contribution is 6.11. The third-order valence-electron chi connectivity index (χ3n) is 9.50. The van der Waals surface area contributed by atoms with E-state index in [4.69, 9.17) is 18.8 Å². The molecule has 10 rings (SSSR count). The Hall–Kier alpha value is -6.78. The molecule has 0 bridgehead atoms. The smallest absolute Gasteiger partial charge is 0.160 e. The first-order chi connectivity index (χ1) is 24.7. The van der Waals surface area contributed by atoms with E-state index in [1.807, 2.05) is 30.3 Å². The molecule has 7 aromatic carbocycles. The number of furan rings is 2. The van der Waals surface area contributed by atoms with Gasteiger partial charge in [0.25, 0.3) is 0 Å². The van der Waals surface area contributed by atoms with E-state index in [1.54, 1.807) is 0 Å². The van der Waals surface area contributed by atoms with Crippen molar-refractivity contribution >= 4 is 43.7 Å². The van der Waals surface area contributed by atoms with Crippen LogP contribution in [0.1, 0.15) is 0 Å². The number of benzene rings is 7. The number of rotatable bonds is 5. The summed E-state index contributed by atoms with van der Waals surface area (Å²) in [5.74, 6) is 1.49. The van der Waals surface area contributed by atoms with Crippen molar-refractivity contribution in [3.05, 3.63) is 170 Å². The molecular formula is C46H28N2O2. The molecule has 0 saturated carbocycles. The molecule has 4 heteroatoms. The number of hydrogen-bond acceptors (Lipinski definition) is 4. The summed E-state index contributed by atoms with van der Waals surface area (Å²) in [5.41, 5.74) is 10.5. The maximum atomic E-state index is 6.32. The van der Waals surface area contributed by atoms with Gasteiger partial charge in [-0.1, -0.05) is 121 Å². The largest absolute Gasteiger partial charge is 0.456 e. The Bertz CT molecular complexity index is 2830. The molecule has 0 radical (unpaired) electrons. The molecule has 4 nitrogen and oxygen atoms in total. The maximum Gasteiger partial charge on any atom is 0.160 e. The van der Waals surface area contributed by atoms with Crippen LogP contribution in [0.5, 0.6) is 0 Å². The van der Waals surface area contributed by atoms with Crippen LogP contribution in [-0.4, -0.2) is 9.97 Å². The van der Waals surface area contributed by atoms with Gasteiger partial charge in [0.2, 0.25) is 0 Å². The van der Waals surface area contributed by atoms with Crippen molar-refractivity contribution in [3.8, 4) is 56.4 Å². The van der Waals surface area contributed by atoms with E-state index >= 15 is 0 Å². The highest BCUT2D eigenvalue weighted by Gasteiger charge is 2.17. The third-order valence-corrected chi connectivity index (χ3v) is 9.50. The van der Waals surface area contributed by atoms with Gasteiger partial charge in [-0.15, -0.1) is 0 Å². The predicted octanol–water partition coefficient (Wildman–Crippen LogP) is 12.6. The lowest BCUT2D eigenvalue weighted by atomic mass is 9.96. The predicted molar refractivity (Wildman–Crippen MR) is 204 cm³/mol. The van der Waals surface area contributed by atoms with E-state index in [0.29, 0.717) is 5.82 Å². The van der Waals surface area contributed by atoms with Crippen LogP contribution in [0.3, 0.4) is 0 Å². The SMILES string of the molecule is c1ccc(-c2ccccc2-c2cc(-c3ccc(-c4cc5ccccc5o4)cc3)nc(-c3ccc4oc5cc6ccccc6cc5c4c3)n2)cc1. The molecule has 0 aliphatic rings. The van der Waals surface area contributed by atoms with Gasteiger partial charge in [0.1, 0.15) is 22.5 Å². The van der Waals surface area contributed by atoms with Gasteiger partial charge in [-0.2, -0.15) is 0 Å². The molecule has 3 heterocycles. The van der Waals surface area contributed by atoms with Crippen molar-refractivity contribution in [3.63, 3.8) is 0 Å². The molecule has 0 spiro atoms. The van der Waals surface area contributed by atoms with Crippen molar-refractivity contribution in [2.24, 2.45) is 0 Å². The van der Waals surface area contributed by atoms with E-state index in [-0.39, 0.29) is 0 Å². The minimum absolute atomic E-state index is 0.652. The minimum atomic E-state index is 0.652. The zero-order valence-corrected chi connectivity index (χ0v) is 26.9. The van der Waals surface area contributed by atoms with Crippen LogP contribution < -0.4 is 0 Å². The van der Waals surface area contributed by atoms with Gasteiger partial charge < -0.3 is 8.83 Å². The second-order valence-corrected chi connectivity index (χ2v) is 12.6. The van der Waals surface area contributed by atoms with Crippen LogP contribution in [0, 0.1) is 0 Å². The molecule has 50 heavy (non-hydrogen) atoms. The van der Waals surface area contributed by atoms with Crippen molar-refractivity contribution < 1.29 is 8.83 Å². The normalized spacial score (nSPS) is 11.6. The standard InChI is InChI=1S/C46H28N2O2/c1-2-10-29(11-3-1)36-15-7-8-16-37(36)41-28-40(30-18-20-31(21-19-30)44-27-34-14-6-9-17-42(34)49-44)47-46(48-41)35-22-23-43-38(25-35)39-24-32-12-4-5-13-33(32)26-45(39)50-43/h1-28H. The van der Waals surface area contributed by atoms with E-state index in [2.05, 4.69) is 140 Å². The Labute approximate surface area is 287 Å². The van der Waals surface area contributed by atoms with Gasteiger partial charge in [-0.3, -0.25) is 0 Å². The first kappa shape index (κ1) is 28.3. The highest BCUT2D eigenvalue weighted by Crippen LogP contribution is 2.38. The van der Waals surface area contributed by atoms with E-state index in [9.17, 15) is 0 Å². The minimum Gasteiger partial charge on any atom is -0.456 e. The van der Waals surface area contributed by atoms with E-state index < -0.39 is 0 Å². The molecule has 10 aromatic rings. The van der Waals surface area contributed by atoms with Crippen molar-refractivity contribution in [1.82, 2.24) is 9.97 Å². The first-order valence-electron chi connectivity index (χ1n) is 16.7. The summed E-state index contributed by atoms with van der Waals surface area (Å²) in [6, 6.07) is 58.5. The summed E-state index contributed by atoms with van der Waals surface area (Å²) in [4.78, 5) is 10.4. The first-order valence-corrected chi connectivity index (χ1v) is 16.7. The summed E-state index contributed by atoms with van der Waals surface area (Å²) < 4.78 is 12.5. The van der Waals surface area contributed by atoms with E-state index in [1.165, 1.54) is 5.39 Å². The van der Waals surface area contributed by atoms with Gasteiger partial charge in [0, 0.05) is 38.4 Å². The third kappa shape index (κ3) is 4.85. The van der Waals surface area contributed by atoms with E-state index in [0.717, 1.165) is 88.8 Å². The summed E-state index contributed by atoms with van der Waals surface area (Å²) in [7, 11) is 0. The molecule has 0 N–H and O–H groups in total. The molecule has 0 saturated heterocycles. The summed E-state index contributed by atoms with van der Waals surface area (Å²) in [5, 5.41) is 5.54. The molecule has 0 unspecified atom stereocenters.